The zero-order chi connectivity index (χ0) is 10.3. The predicted molar refractivity (Wildman–Crippen MR) is 51.3 cm³/mol. The van der Waals surface area contributed by atoms with E-state index in [0.29, 0.717) is 0 Å². The zero-order valence-electron chi connectivity index (χ0n) is 6.79. The highest BCUT2D eigenvalue weighted by Gasteiger charge is 2.16. The third kappa shape index (κ3) is 1.38. The quantitative estimate of drug-likeness (QED) is 0.768. The van der Waals surface area contributed by atoms with E-state index in [-0.39, 0.29) is 15.8 Å². The van der Waals surface area contributed by atoms with E-state index >= 15 is 0 Å². The predicted octanol–water partition coefficient (Wildman–Crippen LogP) is 2.23. The highest BCUT2D eigenvalue weighted by Crippen LogP contribution is 2.26. The van der Waals surface area contributed by atoms with Gasteiger partial charge in [-0.3, -0.25) is 0 Å². The van der Waals surface area contributed by atoms with Crippen LogP contribution >= 0.6 is 10.7 Å². The van der Waals surface area contributed by atoms with Crippen molar-refractivity contribution in [2.45, 2.75) is 4.90 Å². The lowest BCUT2D eigenvalue weighted by atomic mass is 10.2. The number of hydrogen-bond acceptors (Lipinski definition) is 2. The normalized spacial score (nSPS) is 12.1. The highest BCUT2D eigenvalue weighted by atomic mass is 35.7. The second-order valence-electron chi connectivity index (χ2n) is 2.75. The summed E-state index contributed by atoms with van der Waals surface area (Å²) < 4.78 is 35.2. The summed E-state index contributed by atoms with van der Waals surface area (Å²) in [6.07, 6.45) is 1.18. The van der Waals surface area contributed by atoms with Crippen molar-refractivity contribution in [2.75, 3.05) is 0 Å². The second kappa shape index (κ2) is 2.96. The maximum absolute atomic E-state index is 13.1. The number of benzene rings is 1. The minimum atomic E-state index is -3.83. The Bertz CT molecular complexity index is 590. The van der Waals surface area contributed by atoms with Gasteiger partial charge in [0, 0.05) is 22.3 Å². The summed E-state index contributed by atoms with van der Waals surface area (Å²) in [5, 5.41) is 0.264. The van der Waals surface area contributed by atoms with E-state index < -0.39 is 14.9 Å². The number of aromatic amines is 1. The number of para-hydroxylation sites is 1. The molecule has 0 amide bonds. The summed E-state index contributed by atoms with van der Waals surface area (Å²) >= 11 is 0. The molecule has 2 rings (SSSR count). The summed E-state index contributed by atoms with van der Waals surface area (Å²) in [5.41, 5.74) is 0.145. The number of nitrogens with one attached hydrogen (secondary N) is 1. The number of H-pyrrole nitrogens is 1. The fourth-order valence-electron chi connectivity index (χ4n) is 1.29. The molecular weight excluding hydrogens is 229 g/mol. The van der Waals surface area contributed by atoms with Gasteiger partial charge in [-0.1, -0.05) is 12.1 Å². The van der Waals surface area contributed by atoms with Crippen LogP contribution in [0.2, 0.25) is 0 Å². The highest BCUT2D eigenvalue weighted by molar-refractivity contribution is 8.14. The first kappa shape index (κ1) is 9.48. The lowest BCUT2D eigenvalue weighted by Gasteiger charge is -1.93. The lowest BCUT2D eigenvalue weighted by molar-refractivity contribution is 0.610. The number of aromatic nitrogens is 1. The Labute approximate surface area is 83.9 Å². The Balaban J connectivity index is 2.90. The Morgan fingerprint density at radius 1 is 1.36 bits per heavy atom. The Morgan fingerprint density at radius 3 is 2.71 bits per heavy atom. The number of fused-ring (bicyclic) bond motifs is 1. The summed E-state index contributed by atoms with van der Waals surface area (Å²) in [4.78, 5) is 2.42. The molecule has 6 heteroatoms. The van der Waals surface area contributed by atoms with Crippen molar-refractivity contribution in [3.05, 3.63) is 30.2 Å². The van der Waals surface area contributed by atoms with Crippen LogP contribution in [0.25, 0.3) is 10.9 Å². The standard InChI is InChI=1S/C8H5ClFNO2S/c9-14(12,13)7-4-11-8-5(7)2-1-3-6(8)10/h1-4,11H. The first-order valence-corrected chi connectivity index (χ1v) is 6.01. The smallest absolute Gasteiger partial charge is 0.263 e. The topological polar surface area (TPSA) is 49.9 Å². The number of halogens is 2. The van der Waals surface area contributed by atoms with Crippen LogP contribution < -0.4 is 0 Å². The average Bonchev–Trinajstić information content (AvgIpc) is 2.47. The molecule has 2 aromatic rings. The summed E-state index contributed by atoms with van der Waals surface area (Å²) in [7, 11) is 1.33. The molecule has 1 aromatic carbocycles. The maximum atomic E-state index is 13.1. The summed E-state index contributed by atoms with van der Waals surface area (Å²) in [6.45, 7) is 0. The molecule has 0 unspecified atom stereocenters. The van der Waals surface area contributed by atoms with Gasteiger partial charge < -0.3 is 4.98 Å². The van der Waals surface area contributed by atoms with Crippen molar-refractivity contribution in [1.82, 2.24) is 4.98 Å². The molecule has 0 saturated heterocycles. The third-order valence-electron chi connectivity index (χ3n) is 1.89. The van der Waals surface area contributed by atoms with E-state index in [9.17, 15) is 12.8 Å². The van der Waals surface area contributed by atoms with Crippen LogP contribution in [0.3, 0.4) is 0 Å². The first-order valence-electron chi connectivity index (χ1n) is 3.70. The van der Waals surface area contributed by atoms with Gasteiger partial charge in [-0.2, -0.15) is 0 Å². The molecule has 0 aliphatic carbocycles. The minimum Gasteiger partial charge on any atom is -0.357 e. The molecule has 0 spiro atoms. The van der Waals surface area contributed by atoms with Crippen LogP contribution in [-0.4, -0.2) is 13.4 Å². The van der Waals surface area contributed by atoms with E-state index in [1.807, 2.05) is 0 Å². The molecule has 14 heavy (non-hydrogen) atoms. The van der Waals surface area contributed by atoms with E-state index in [1.54, 1.807) is 0 Å². The number of hydrogen-bond donors (Lipinski definition) is 1. The molecule has 0 aliphatic rings. The molecule has 0 aliphatic heterocycles. The van der Waals surface area contributed by atoms with Crippen molar-refractivity contribution in [1.29, 1.82) is 0 Å². The lowest BCUT2D eigenvalue weighted by Crippen LogP contribution is -1.87. The molecule has 1 N–H and O–H groups in total. The van der Waals surface area contributed by atoms with E-state index in [1.165, 1.54) is 24.4 Å². The van der Waals surface area contributed by atoms with Gasteiger partial charge in [0.25, 0.3) is 9.05 Å². The molecule has 1 heterocycles. The Kier molecular flexibility index (Phi) is 2.01. The maximum Gasteiger partial charge on any atom is 0.263 e. The van der Waals surface area contributed by atoms with Gasteiger partial charge in [-0.25, -0.2) is 12.8 Å². The van der Waals surface area contributed by atoms with E-state index in [2.05, 4.69) is 4.98 Å². The largest absolute Gasteiger partial charge is 0.357 e. The monoisotopic (exact) mass is 233 g/mol. The molecule has 74 valence electrons. The minimum absolute atomic E-state index is 0.103. The van der Waals surface area contributed by atoms with Gasteiger partial charge in [-0.15, -0.1) is 0 Å². The summed E-state index contributed by atoms with van der Waals surface area (Å²) in [6, 6.07) is 4.16. The van der Waals surface area contributed by atoms with Gasteiger partial charge in [0.2, 0.25) is 0 Å². The molecule has 0 fully saturated rings. The average molecular weight is 234 g/mol. The van der Waals surface area contributed by atoms with Crippen LogP contribution in [0.15, 0.2) is 29.3 Å². The third-order valence-corrected chi connectivity index (χ3v) is 3.25. The zero-order valence-corrected chi connectivity index (χ0v) is 8.36. The van der Waals surface area contributed by atoms with Gasteiger partial charge in [0.1, 0.15) is 10.7 Å². The van der Waals surface area contributed by atoms with Crippen molar-refractivity contribution >= 4 is 30.6 Å². The van der Waals surface area contributed by atoms with E-state index in [0.717, 1.165) is 0 Å². The molecule has 1 aromatic heterocycles. The van der Waals surface area contributed by atoms with Crippen molar-refractivity contribution < 1.29 is 12.8 Å². The second-order valence-corrected chi connectivity index (χ2v) is 5.29. The van der Waals surface area contributed by atoms with Crippen molar-refractivity contribution in [2.24, 2.45) is 0 Å². The van der Waals surface area contributed by atoms with Gasteiger partial charge in [0.15, 0.2) is 0 Å². The molecule has 0 atom stereocenters. The van der Waals surface area contributed by atoms with Crippen LogP contribution in [-0.2, 0) is 9.05 Å². The first-order chi connectivity index (χ1) is 6.50. The van der Waals surface area contributed by atoms with Crippen LogP contribution in [0.5, 0.6) is 0 Å². The van der Waals surface area contributed by atoms with Gasteiger partial charge in [-0.05, 0) is 6.07 Å². The Morgan fingerprint density at radius 2 is 2.07 bits per heavy atom. The van der Waals surface area contributed by atoms with Crippen LogP contribution in [0.4, 0.5) is 4.39 Å². The fraction of sp³-hybridized carbons (Fsp3) is 0. The molecular formula is C8H5ClFNO2S. The van der Waals surface area contributed by atoms with Gasteiger partial charge >= 0.3 is 0 Å². The fourth-order valence-corrected chi connectivity index (χ4v) is 2.31. The Hall–Kier alpha value is -1.07. The van der Waals surface area contributed by atoms with E-state index in [4.69, 9.17) is 10.7 Å². The van der Waals surface area contributed by atoms with Gasteiger partial charge in [0.05, 0.1) is 5.52 Å². The molecule has 3 nitrogen and oxygen atoms in total. The molecule has 0 radical (unpaired) electrons. The van der Waals surface area contributed by atoms with Crippen molar-refractivity contribution in [3.63, 3.8) is 0 Å². The van der Waals surface area contributed by atoms with Crippen LogP contribution in [0, 0.1) is 5.82 Å². The van der Waals surface area contributed by atoms with Crippen molar-refractivity contribution in [3.8, 4) is 0 Å². The van der Waals surface area contributed by atoms with Crippen LogP contribution in [0.1, 0.15) is 0 Å². The molecule has 0 saturated carbocycles. The number of rotatable bonds is 1. The molecule has 0 bridgehead atoms. The SMILES string of the molecule is O=S(=O)(Cl)c1c[nH]c2c(F)cccc12. The summed E-state index contributed by atoms with van der Waals surface area (Å²) in [5.74, 6) is -0.505.